The van der Waals surface area contributed by atoms with E-state index >= 15 is 0 Å². The summed E-state index contributed by atoms with van der Waals surface area (Å²) < 4.78 is 1.68. The molecule has 2 rings (SSSR count). The zero-order chi connectivity index (χ0) is 14.0. The fraction of sp³-hybridized carbons (Fsp3) is 0.286. The van der Waals surface area contributed by atoms with Gasteiger partial charge in [0.15, 0.2) is 0 Å². The Morgan fingerprint density at radius 3 is 2.53 bits per heavy atom. The summed E-state index contributed by atoms with van der Waals surface area (Å²) >= 11 is 0. The van der Waals surface area contributed by atoms with Crippen LogP contribution in [0.1, 0.15) is 21.6 Å². The van der Waals surface area contributed by atoms with Crippen molar-refractivity contribution in [2.75, 3.05) is 7.05 Å². The number of carbonyl (C=O) groups is 1. The molecule has 1 aromatic carbocycles. The molecule has 0 fully saturated rings. The summed E-state index contributed by atoms with van der Waals surface area (Å²) in [4.78, 5) is 13.9. The molecule has 0 radical (unpaired) electrons. The highest BCUT2D eigenvalue weighted by atomic mass is 16.3. The molecule has 0 aliphatic carbocycles. The van der Waals surface area contributed by atoms with E-state index in [0.29, 0.717) is 12.1 Å². The number of phenolic OH excluding ortho intramolecular Hbond substituents is 1. The molecular formula is C14H17N3O2. The van der Waals surface area contributed by atoms with Gasteiger partial charge in [-0.15, -0.1) is 0 Å². The Morgan fingerprint density at radius 1 is 1.37 bits per heavy atom. The van der Waals surface area contributed by atoms with Crippen molar-refractivity contribution < 1.29 is 9.90 Å². The Labute approximate surface area is 112 Å². The van der Waals surface area contributed by atoms with Gasteiger partial charge in [-0.05, 0) is 24.6 Å². The van der Waals surface area contributed by atoms with Gasteiger partial charge in [-0.1, -0.05) is 12.1 Å². The molecule has 0 saturated heterocycles. The summed E-state index contributed by atoms with van der Waals surface area (Å²) in [5, 5.41) is 13.3. The smallest absolute Gasteiger partial charge is 0.257 e. The average molecular weight is 259 g/mol. The maximum absolute atomic E-state index is 12.3. The molecule has 0 saturated carbocycles. The SMILES string of the molecule is Cc1c(C(=O)N(C)Cc2ccc(O)cc2)cnn1C. The van der Waals surface area contributed by atoms with Crippen molar-refractivity contribution in [2.45, 2.75) is 13.5 Å². The van der Waals surface area contributed by atoms with Gasteiger partial charge in [0.25, 0.3) is 5.91 Å². The first-order valence-corrected chi connectivity index (χ1v) is 6.01. The molecule has 1 aromatic heterocycles. The van der Waals surface area contributed by atoms with Gasteiger partial charge in [0.2, 0.25) is 0 Å². The Hall–Kier alpha value is -2.30. The standard InChI is InChI=1S/C14H17N3O2/c1-10-13(8-15-17(10)3)14(19)16(2)9-11-4-6-12(18)7-5-11/h4-8,18H,9H2,1-3H3. The van der Waals surface area contributed by atoms with Crippen LogP contribution in [0, 0.1) is 6.92 Å². The molecule has 1 heterocycles. The molecule has 19 heavy (non-hydrogen) atoms. The van der Waals surface area contributed by atoms with E-state index in [4.69, 9.17) is 0 Å². The molecule has 1 N–H and O–H groups in total. The van der Waals surface area contributed by atoms with E-state index in [1.807, 2.05) is 14.0 Å². The maximum atomic E-state index is 12.3. The van der Waals surface area contributed by atoms with Crippen LogP contribution in [0.25, 0.3) is 0 Å². The topological polar surface area (TPSA) is 58.4 Å². The Bertz CT molecular complexity index is 587. The van der Waals surface area contributed by atoms with Crippen molar-refractivity contribution in [2.24, 2.45) is 7.05 Å². The van der Waals surface area contributed by atoms with E-state index < -0.39 is 0 Å². The highest BCUT2D eigenvalue weighted by molar-refractivity contribution is 5.94. The number of hydrogen-bond acceptors (Lipinski definition) is 3. The number of amides is 1. The van der Waals surface area contributed by atoms with Gasteiger partial charge in [-0.2, -0.15) is 5.10 Å². The lowest BCUT2D eigenvalue weighted by atomic mass is 10.2. The van der Waals surface area contributed by atoms with Crippen LogP contribution in [0.5, 0.6) is 5.75 Å². The molecule has 0 bridgehead atoms. The van der Waals surface area contributed by atoms with E-state index in [1.54, 1.807) is 47.1 Å². The van der Waals surface area contributed by atoms with Crippen LogP contribution < -0.4 is 0 Å². The van der Waals surface area contributed by atoms with E-state index in [1.165, 1.54) is 0 Å². The maximum Gasteiger partial charge on any atom is 0.257 e. The number of aromatic hydroxyl groups is 1. The third-order valence-corrected chi connectivity index (χ3v) is 3.17. The number of rotatable bonds is 3. The van der Waals surface area contributed by atoms with Crippen LogP contribution in [0.3, 0.4) is 0 Å². The third-order valence-electron chi connectivity index (χ3n) is 3.17. The van der Waals surface area contributed by atoms with Crippen LogP contribution in [0.15, 0.2) is 30.5 Å². The molecule has 5 nitrogen and oxygen atoms in total. The van der Waals surface area contributed by atoms with Crippen molar-refractivity contribution in [1.29, 1.82) is 0 Å². The fourth-order valence-electron chi connectivity index (χ4n) is 1.86. The summed E-state index contributed by atoms with van der Waals surface area (Å²) in [5.74, 6) is 0.166. The highest BCUT2D eigenvalue weighted by Gasteiger charge is 2.17. The monoisotopic (exact) mass is 259 g/mol. The molecule has 2 aromatic rings. The first-order valence-electron chi connectivity index (χ1n) is 6.01. The minimum atomic E-state index is -0.0568. The van der Waals surface area contributed by atoms with E-state index in [2.05, 4.69) is 5.10 Å². The molecule has 0 aliphatic heterocycles. The molecule has 1 amide bonds. The van der Waals surface area contributed by atoms with Crippen LogP contribution in [-0.2, 0) is 13.6 Å². The quantitative estimate of drug-likeness (QED) is 0.912. The second-order valence-electron chi connectivity index (χ2n) is 4.59. The summed E-state index contributed by atoms with van der Waals surface area (Å²) in [6, 6.07) is 6.83. The fourth-order valence-corrected chi connectivity index (χ4v) is 1.86. The Balaban J connectivity index is 2.11. The van der Waals surface area contributed by atoms with Gasteiger partial charge in [-0.3, -0.25) is 9.48 Å². The van der Waals surface area contributed by atoms with Crippen LogP contribution >= 0.6 is 0 Å². The number of aryl methyl sites for hydroxylation is 1. The number of aromatic nitrogens is 2. The zero-order valence-electron chi connectivity index (χ0n) is 11.3. The summed E-state index contributed by atoms with van der Waals surface area (Å²) in [7, 11) is 3.56. The second-order valence-corrected chi connectivity index (χ2v) is 4.59. The number of hydrogen-bond donors (Lipinski definition) is 1. The Morgan fingerprint density at radius 2 is 2.00 bits per heavy atom. The van der Waals surface area contributed by atoms with Crippen molar-refractivity contribution in [3.63, 3.8) is 0 Å². The van der Waals surface area contributed by atoms with Gasteiger partial charge in [0.05, 0.1) is 11.8 Å². The van der Waals surface area contributed by atoms with Crippen molar-refractivity contribution in [1.82, 2.24) is 14.7 Å². The van der Waals surface area contributed by atoms with Gasteiger partial charge in [0.1, 0.15) is 5.75 Å². The van der Waals surface area contributed by atoms with Gasteiger partial charge in [0, 0.05) is 26.3 Å². The number of carbonyl (C=O) groups excluding carboxylic acids is 1. The molecule has 0 unspecified atom stereocenters. The van der Waals surface area contributed by atoms with Crippen molar-refractivity contribution in [3.8, 4) is 5.75 Å². The molecular weight excluding hydrogens is 242 g/mol. The van der Waals surface area contributed by atoms with E-state index in [-0.39, 0.29) is 11.7 Å². The van der Waals surface area contributed by atoms with Gasteiger partial charge < -0.3 is 10.0 Å². The lowest BCUT2D eigenvalue weighted by Crippen LogP contribution is -2.26. The van der Waals surface area contributed by atoms with Crippen LogP contribution in [-0.4, -0.2) is 32.7 Å². The van der Waals surface area contributed by atoms with Gasteiger partial charge in [-0.25, -0.2) is 0 Å². The summed E-state index contributed by atoms with van der Waals surface area (Å²) in [6.07, 6.45) is 1.59. The van der Waals surface area contributed by atoms with Crippen LogP contribution in [0.4, 0.5) is 0 Å². The number of phenols is 1. The largest absolute Gasteiger partial charge is 0.508 e. The summed E-state index contributed by atoms with van der Waals surface area (Å²) in [6.45, 7) is 2.36. The Kier molecular flexibility index (Phi) is 3.55. The van der Waals surface area contributed by atoms with E-state index in [0.717, 1.165) is 11.3 Å². The molecule has 5 heteroatoms. The number of benzene rings is 1. The normalized spacial score (nSPS) is 10.5. The van der Waals surface area contributed by atoms with Crippen molar-refractivity contribution in [3.05, 3.63) is 47.3 Å². The zero-order valence-corrected chi connectivity index (χ0v) is 11.3. The van der Waals surface area contributed by atoms with Crippen LogP contribution in [0.2, 0.25) is 0 Å². The van der Waals surface area contributed by atoms with Gasteiger partial charge >= 0.3 is 0 Å². The molecule has 0 aliphatic rings. The molecule has 0 spiro atoms. The molecule has 0 atom stereocenters. The van der Waals surface area contributed by atoms with E-state index in [9.17, 15) is 9.90 Å². The highest BCUT2D eigenvalue weighted by Crippen LogP contribution is 2.14. The third kappa shape index (κ3) is 2.76. The minimum absolute atomic E-state index is 0.0568. The first-order chi connectivity index (χ1) is 8.99. The predicted octanol–water partition coefficient (Wildman–Crippen LogP) is 1.71. The summed E-state index contributed by atoms with van der Waals surface area (Å²) in [5.41, 5.74) is 2.43. The first kappa shape index (κ1) is 13.1. The average Bonchev–Trinajstić information content (AvgIpc) is 2.72. The lowest BCUT2D eigenvalue weighted by Gasteiger charge is -2.17. The lowest BCUT2D eigenvalue weighted by molar-refractivity contribution is 0.0784. The predicted molar refractivity (Wildman–Crippen MR) is 71.8 cm³/mol. The molecule has 100 valence electrons. The minimum Gasteiger partial charge on any atom is -0.508 e. The second kappa shape index (κ2) is 5.14. The van der Waals surface area contributed by atoms with Crippen molar-refractivity contribution >= 4 is 5.91 Å². The number of nitrogens with zero attached hydrogens (tertiary/aromatic N) is 3.